The Bertz CT molecular complexity index is 298. The Labute approximate surface area is 105 Å². The van der Waals surface area contributed by atoms with Crippen LogP contribution >= 0.6 is 0 Å². The maximum atomic E-state index is 3.38. The molecule has 0 radical (unpaired) electrons. The van der Waals surface area contributed by atoms with Gasteiger partial charge >= 0.3 is 0 Å². The van der Waals surface area contributed by atoms with Crippen LogP contribution in [0.15, 0.2) is 30.3 Å². The van der Waals surface area contributed by atoms with E-state index in [0.717, 1.165) is 19.6 Å². The Hall–Kier alpha value is -0.900. The predicted molar refractivity (Wildman–Crippen MR) is 74.3 cm³/mol. The molecule has 0 amide bonds. The minimum Gasteiger partial charge on any atom is -0.312 e. The Morgan fingerprint density at radius 1 is 1.06 bits per heavy atom. The molecule has 0 aromatic heterocycles. The van der Waals surface area contributed by atoms with Crippen molar-refractivity contribution in [3.05, 3.63) is 35.9 Å². The summed E-state index contributed by atoms with van der Waals surface area (Å²) in [5.74, 6) is 0. The first-order chi connectivity index (χ1) is 8.13. The van der Waals surface area contributed by atoms with Crippen molar-refractivity contribution < 1.29 is 0 Å². The Morgan fingerprint density at radius 2 is 1.71 bits per heavy atom. The maximum absolute atomic E-state index is 3.38. The number of hydrogen-bond acceptors (Lipinski definition) is 3. The summed E-state index contributed by atoms with van der Waals surface area (Å²) in [5.41, 5.74) is 1.35. The average molecular weight is 235 g/mol. The van der Waals surface area contributed by atoms with E-state index in [2.05, 4.69) is 66.6 Å². The first-order valence-corrected chi connectivity index (χ1v) is 6.19. The highest BCUT2D eigenvalue weighted by molar-refractivity contribution is 5.19. The van der Waals surface area contributed by atoms with Gasteiger partial charge in [0.2, 0.25) is 0 Å². The van der Waals surface area contributed by atoms with Crippen molar-refractivity contribution in [2.75, 3.05) is 47.8 Å². The van der Waals surface area contributed by atoms with Gasteiger partial charge in [-0.25, -0.2) is 0 Å². The standard InChI is InChI=1S/C14H25N3/c1-15-14(13-8-6-5-7-9-13)12-17(4)11-10-16(2)3/h5-9,14-15H,10-12H2,1-4H3/t14-/m1/s1. The van der Waals surface area contributed by atoms with E-state index in [1.54, 1.807) is 0 Å². The summed E-state index contributed by atoms with van der Waals surface area (Å²) in [6.45, 7) is 3.23. The van der Waals surface area contributed by atoms with E-state index in [4.69, 9.17) is 0 Å². The van der Waals surface area contributed by atoms with Crippen LogP contribution in [0.5, 0.6) is 0 Å². The maximum Gasteiger partial charge on any atom is 0.0446 e. The van der Waals surface area contributed by atoms with Crippen molar-refractivity contribution in [2.24, 2.45) is 0 Å². The molecular weight excluding hydrogens is 210 g/mol. The zero-order chi connectivity index (χ0) is 12.7. The van der Waals surface area contributed by atoms with Gasteiger partial charge in [0, 0.05) is 25.7 Å². The molecule has 1 rings (SSSR count). The average Bonchev–Trinajstić information content (AvgIpc) is 2.34. The van der Waals surface area contributed by atoms with Gasteiger partial charge in [0.15, 0.2) is 0 Å². The Kier molecular flexibility index (Phi) is 6.19. The minimum atomic E-state index is 0.406. The Balaban J connectivity index is 2.47. The molecule has 0 aliphatic heterocycles. The molecule has 0 aliphatic carbocycles. The lowest BCUT2D eigenvalue weighted by Crippen LogP contribution is -2.35. The van der Waals surface area contributed by atoms with E-state index in [-0.39, 0.29) is 0 Å². The van der Waals surface area contributed by atoms with Gasteiger partial charge in [-0.3, -0.25) is 0 Å². The van der Waals surface area contributed by atoms with Gasteiger partial charge in [-0.1, -0.05) is 30.3 Å². The van der Waals surface area contributed by atoms with Crippen molar-refractivity contribution in [2.45, 2.75) is 6.04 Å². The van der Waals surface area contributed by atoms with Crippen molar-refractivity contribution in [3.63, 3.8) is 0 Å². The molecule has 17 heavy (non-hydrogen) atoms. The first kappa shape index (κ1) is 14.2. The summed E-state index contributed by atoms with van der Waals surface area (Å²) < 4.78 is 0. The van der Waals surface area contributed by atoms with Crippen molar-refractivity contribution in [1.82, 2.24) is 15.1 Å². The zero-order valence-corrected chi connectivity index (χ0v) is 11.5. The fourth-order valence-electron chi connectivity index (χ4n) is 1.82. The van der Waals surface area contributed by atoms with E-state index >= 15 is 0 Å². The van der Waals surface area contributed by atoms with Crippen LogP contribution in [0.25, 0.3) is 0 Å². The first-order valence-electron chi connectivity index (χ1n) is 6.19. The molecule has 3 heteroatoms. The SMILES string of the molecule is CN[C@H](CN(C)CCN(C)C)c1ccccc1. The van der Waals surface area contributed by atoms with Gasteiger partial charge in [0.25, 0.3) is 0 Å². The van der Waals surface area contributed by atoms with Crippen molar-refractivity contribution in [1.29, 1.82) is 0 Å². The van der Waals surface area contributed by atoms with E-state index in [9.17, 15) is 0 Å². The number of likely N-dealkylation sites (N-methyl/N-ethyl adjacent to an activating group) is 3. The molecule has 1 aromatic carbocycles. The highest BCUT2D eigenvalue weighted by atomic mass is 15.2. The third-order valence-electron chi connectivity index (χ3n) is 2.97. The number of nitrogens with one attached hydrogen (secondary N) is 1. The van der Waals surface area contributed by atoms with E-state index in [1.165, 1.54) is 5.56 Å². The van der Waals surface area contributed by atoms with Crippen molar-refractivity contribution in [3.8, 4) is 0 Å². The van der Waals surface area contributed by atoms with Gasteiger partial charge < -0.3 is 15.1 Å². The van der Waals surface area contributed by atoms with Gasteiger partial charge in [-0.2, -0.15) is 0 Å². The van der Waals surface area contributed by atoms with E-state index < -0.39 is 0 Å². The summed E-state index contributed by atoms with van der Waals surface area (Å²) in [7, 11) is 8.43. The van der Waals surface area contributed by atoms with Gasteiger partial charge in [0.1, 0.15) is 0 Å². The summed E-state index contributed by atoms with van der Waals surface area (Å²) in [5, 5.41) is 3.38. The third kappa shape index (κ3) is 5.31. The lowest BCUT2D eigenvalue weighted by molar-refractivity contribution is 0.260. The molecule has 0 unspecified atom stereocenters. The normalized spacial score (nSPS) is 13.3. The molecule has 0 spiro atoms. The molecule has 1 N–H and O–H groups in total. The molecule has 0 bridgehead atoms. The summed E-state index contributed by atoms with van der Waals surface area (Å²) in [4.78, 5) is 4.58. The van der Waals surface area contributed by atoms with Crippen LogP contribution in [0.3, 0.4) is 0 Å². The molecule has 1 atom stereocenters. The molecular formula is C14H25N3. The lowest BCUT2D eigenvalue weighted by Gasteiger charge is -2.25. The van der Waals surface area contributed by atoms with Crippen LogP contribution in [0.2, 0.25) is 0 Å². The lowest BCUT2D eigenvalue weighted by atomic mass is 10.1. The zero-order valence-electron chi connectivity index (χ0n) is 11.5. The topological polar surface area (TPSA) is 18.5 Å². The monoisotopic (exact) mass is 235 g/mol. The highest BCUT2D eigenvalue weighted by Gasteiger charge is 2.11. The molecule has 96 valence electrons. The number of nitrogens with zero attached hydrogens (tertiary/aromatic N) is 2. The fraction of sp³-hybridized carbons (Fsp3) is 0.571. The summed E-state index contributed by atoms with van der Waals surface area (Å²) in [6, 6.07) is 11.0. The predicted octanol–water partition coefficient (Wildman–Crippen LogP) is 1.44. The Morgan fingerprint density at radius 3 is 2.24 bits per heavy atom. The molecule has 0 aliphatic rings. The number of hydrogen-bond donors (Lipinski definition) is 1. The van der Waals surface area contributed by atoms with E-state index in [1.807, 2.05) is 7.05 Å². The van der Waals surface area contributed by atoms with Crippen LogP contribution < -0.4 is 5.32 Å². The molecule has 0 fully saturated rings. The van der Waals surface area contributed by atoms with Crippen LogP contribution in [0, 0.1) is 0 Å². The van der Waals surface area contributed by atoms with Crippen LogP contribution in [-0.4, -0.2) is 57.6 Å². The van der Waals surface area contributed by atoms with Crippen LogP contribution in [0.4, 0.5) is 0 Å². The van der Waals surface area contributed by atoms with Crippen LogP contribution in [0.1, 0.15) is 11.6 Å². The molecule has 0 heterocycles. The second-order valence-electron chi connectivity index (χ2n) is 4.82. The van der Waals surface area contributed by atoms with Gasteiger partial charge in [0.05, 0.1) is 0 Å². The van der Waals surface area contributed by atoms with Gasteiger partial charge in [-0.05, 0) is 33.8 Å². The number of benzene rings is 1. The third-order valence-corrected chi connectivity index (χ3v) is 2.97. The largest absolute Gasteiger partial charge is 0.312 e. The number of rotatable bonds is 7. The smallest absolute Gasteiger partial charge is 0.0446 e. The second-order valence-corrected chi connectivity index (χ2v) is 4.82. The summed E-state index contributed by atoms with van der Waals surface area (Å²) >= 11 is 0. The fourth-order valence-corrected chi connectivity index (χ4v) is 1.82. The molecule has 3 nitrogen and oxygen atoms in total. The second kappa shape index (κ2) is 7.43. The molecule has 0 saturated heterocycles. The van der Waals surface area contributed by atoms with Crippen LogP contribution in [-0.2, 0) is 0 Å². The highest BCUT2D eigenvalue weighted by Crippen LogP contribution is 2.12. The van der Waals surface area contributed by atoms with Crippen molar-refractivity contribution >= 4 is 0 Å². The van der Waals surface area contributed by atoms with E-state index in [0.29, 0.717) is 6.04 Å². The molecule has 1 aromatic rings. The molecule has 0 saturated carbocycles. The quantitative estimate of drug-likeness (QED) is 0.771. The van der Waals surface area contributed by atoms with Gasteiger partial charge in [-0.15, -0.1) is 0 Å². The minimum absolute atomic E-state index is 0.406. The summed E-state index contributed by atoms with van der Waals surface area (Å²) in [6.07, 6.45) is 0.